The number of rotatable bonds is 5. The second kappa shape index (κ2) is 5.78. The molecule has 0 unspecified atom stereocenters. The van der Waals surface area contributed by atoms with Gasteiger partial charge in [-0.1, -0.05) is 15.9 Å². The Labute approximate surface area is 121 Å². The SMILES string of the molecule is CCOc1ccc(Br)cc1S(=O)(=O)NC1CC(N)C1. The molecule has 0 aromatic heterocycles. The van der Waals surface area contributed by atoms with Gasteiger partial charge in [0.2, 0.25) is 10.0 Å². The summed E-state index contributed by atoms with van der Waals surface area (Å²) >= 11 is 3.28. The van der Waals surface area contributed by atoms with Gasteiger partial charge in [-0.2, -0.15) is 0 Å². The lowest BCUT2D eigenvalue weighted by atomic mass is 9.89. The van der Waals surface area contributed by atoms with Gasteiger partial charge in [0.25, 0.3) is 0 Å². The van der Waals surface area contributed by atoms with E-state index in [1.54, 1.807) is 18.2 Å². The van der Waals surface area contributed by atoms with Crippen molar-refractivity contribution in [1.82, 2.24) is 4.72 Å². The van der Waals surface area contributed by atoms with Gasteiger partial charge < -0.3 is 10.5 Å². The highest BCUT2D eigenvalue weighted by Gasteiger charge is 2.31. The molecule has 1 aromatic carbocycles. The monoisotopic (exact) mass is 348 g/mol. The van der Waals surface area contributed by atoms with Crippen molar-refractivity contribution < 1.29 is 13.2 Å². The topological polar surface area (TPSA) is 81.4 Å². The fraction of sp³-hybridized carbons (Fsp3) is 0.500. The van der Waals surface area contributed by atoms with Crippen LogP contribution in [0.25, 0.3) is 0 Å². The second-order valence-electron chi connectivity index (χ2n) is 4.57. The largest absolute Gasteiger partial charge is 0.492 e. The molecule has 0 amide bonds. The van der Waals surface area contributed by atoms with Gasteiger partial charge in [0.1, 0.15) is 10.6 Å². The van der Waals surface area contributed by atoms with Crippen molar-refractivity contribution >= 4 is 26.0 Å². The zero-order valence-electron chi connectivity index (χ0n) is 10.6. The molecule has 1 saturated carbocycles. The Morgan fingerprint density at radius 3 is 2.74 bits per heavy atom. The Hall–Kier alpha value is -0.630. The number of ether oxygens (including phenoxy) is 1. The van der Waals surface area contributed by atoms with E-state index in [0.717, 1.165) is 0 Å². The molecule has 7 heteroatoms. The maximum atomic E-state index is 12.3. The molecular weight excluding hydrogens is 332 g/mol. The number of sulfonamides is 1. The number of nitrogens with one attached hydrogen (secondary N) is 1. The Morgan fingerprint density at radius 2 is 2.16 bits per heavy atom. The predicted molar refractivity (Wildman–Crippen MR) is 76.6 cm³/mol. The van der Waals surface area contributed by atoms with Crippen LogP contribution in [0.5, 0.6) is 5.75 Å². The molecule has 0 spiro atoms. The van der Waals surface area contributed by atoms with Crippen molar-refractivity contribution in [3.05, 3.63) is 22.7 Å². The summed E-state index contributed by atoms with van der Waals surface area (Å²) in [5.41, 5.74) is 5.66. The number of hydrogen-bond acceptors (Lipinski definition) is 4. The zero-order valence-corrected chi connectivity index (χ0v) is 13.0. The number of hydrogen-bond donors (Lipinski definition) is 2. The third-order valence-corrected chi connectivity index (χ3v) is 5.03. The van der Waals surface area contributed by atoms with E-state index in [9.17, 15) is 8.42 Å². The highest BCUT2D eigenvalue weighted by molar-refractivity contribution is 9.10. The molecule has 0 atom stereocenters. The molecule has 2 rings (SSSR count). The van der Waals surface area contributed by atoms with E-state index in [0.29, 0.717) is 29.7 Å². The van der Waals surface area contributed by atoms with E-state index in [4.69, 9.17) is 10.5 Å². The van der Waals surface area contributed by atoms with Crippen LogP contribution in [0.1, 0.15) is 19.8 Å². The van der Waals surface area contributed by atoms with E-state index in [1.165, 1.54) is 0 Å². The first-order valence-electron chi connectivity index (χ1n) is 6.12. The summed E-state index contributed by atoms with van der Waals surface area (Å²) < 4.78 is 33.4. The van der Waals surface area contributed by atoms with Crippen LogP contribution in [0.4, 0.5) is 0 Å². The van der Waals surface area contributed by atoms with Crippen LogP contribution in [0.2, 0.25) is 0 Å². The Morgan fingerprint density at radius 1 is 1.47 bits per heavy atom. The molecule has 0 saturated heterocycles. The Bertz CT molecular complexity index is 556. The third-order valence-electron chi connectivity index (χ3n) is 2.99. The van der Waals surface area contributed by atoms with Crippen LogP contribution >= 0.6 is 15.9 Å². The minimum absolute atomic E-state index is 0.0755. The summed E-state index contributed by atoms with van der Waals surface area (Å²) in [6.07, 6.45) is 1.36. The van der Waals surface area contributed by atoms with E-state index in [1.807, 2.05) is 6.92 Å². The van der Waals surface area contributed by atoms with Crippen molar-refractivity contribution in [3.8, 4) is 5.75 Å². The van der Waals surface area contributed by atoms with Crippen LogP contribution in [0.3, 0.4) is 0 Å². The maximum absolute atomic E-state index is 12.3. The molecule has 1 aliphatic rings. The van der Waals surface area contributed by atoms with E-state index >= 15 is 0 Å². The van der Waals surface area contributed by atoms with Gasteiger partial charge in [-0.25, -0.2) is 13.1 Å². The van der Waals surface area contributed by atoms with Gasteiger partial charge in [-0.3, -0.25) is 0 Å². The molecule has 3 N–H and O–H groups in total. The lowest BCUT2D eigenvalue weighted by Gasteiger charge is -2.32. The Kier molecular flexibility index (Phi) is 4.50. The molecule has 19 heavy (non-hydrogen) atoms. The average Bonchev–Trinajstić information content (AvgIpc) is 2.29. The van der Waals surface area contributed by atoms with Gasteiger partial charge >= 0.3 is 0 Å². The molecule has 1 aliphatic carbocycles. The van der Waals surface area contributed by atoms with Crippen LogP contribution < -0.4 is 15.2 Å². The number of halogens is 1. The van der Waals surface area contributed by atoms with Crippen molar-refractivity contribution in [2.45, 2.75) is 36.7 Å². The highest BCUT2D eigenvalue weighted by Crippen LogP contribution is 2.29. The molecule has 0 bridgehead atoms. The van der Waals surface area contributed by atoms with Crippen LogP contribution in [-0.4, -0.2) is 27.1 Å². The summed E-state index contributed by atoms with van der Waals surface area (Å²) in [6, 6.07) is 4.97. The summed E-state index contributed by atoms with van der Waals surface area (Å²) in [5, 5.41) is 0. The molecule has 106 valence electrons. The smallest absolute Gasteiger partial charge is 0.244 e. The standard InChI is InChI=1S/C12H17BrN2O3S/c1-2-18-11-4-3-8(13)5-12(11)19(16,17)15-10-6-9(14)7-10/h3-5,9-10,15H,2,6-7,14H2,1H3. The first kappa shape index (κ1) is 14.8. The van der Waals surface area contributed by atoms with Gasteiger partial charge in [0.15, 0.2) is 0 Å². The van der Waals surface area contributed by atoms with Crippen LogP contribution in [-0.2, 0) is 10.0 Å². The lowest BCUT2D eigenvalue weighted by molar-refractivity contribution is 0.321. The molecule has 0 aliphatic heterocycles. The maximum Gasteiger partial charge on any atom is 0.244 e. The fourth-order valence-electron chi connectivity index (χ4n) is 2.01. The minimum Gasteiger partial charge on any atom is -0.492 e. The van der Waals surface area contributed by atoms with Gasteiger partial charge in [-0.05, 0) is 38.0 Å². The quantitative estimate of drug-likeness (QED) is 0.846. The molecule has 5 nitrogen and oxygen atoms in total. The summed E-state index contributed by atoms with van der Waals surface area (Å²) in [6.45, 7) is 2.23. The summed E-state index contributed by atoms with van der Waals surface area (Å²) in [4.78, 5) is 0.157. The van der Waals surface area contributed by atoms with Crippen molar-refractivity contribution in [2.24, 2.45) is 5.73 Å². The van der Waals surface area contributed by atoms with Crippen molar-refractivity contribution in [1.29, 1.82) is 0 Å². The van der Waals surface area contributed by atoms with Crippen LogP contribution in [0, 0.1) is 0 Å². The Balaban J connectivity index is 2.25. The van der Waals surface area contributed by atoms with Crippen molar-refractivity contribution in [2.75, 3.05) is 6.61 Å². The first-order valence-corrected chi connectivity index (χ1v) is 8.40. The van der Waals surface area contributed by atoms with Gasteiger partial charge in [0.05, 0.1) is 6.61 Å². The highest BCUT2D eigenvalue weighted by atomic mass is 79.9. The van der Waals surface area contributed by atoms with E-state index in [-0.39, 0.29) is 17.0 Å². The lowest BCUT2D eigenvalue weighted by Crippen LogP contribution is -2.50. The molecule has 0 heterocycles. The summed E-state index contributed by atoms with van der Waals surface area (Å²) in [7, 11) is -3.58. The molecular formula is C12H17BrN2O3S. The number of nitrogens with two attached hydrogens (primary N) is 1. The molecule has 1 fully saturated rings. The predicted octanol–water partition coefficient (Wildman–Crippen LogP) is 1.62. The molecule has 0 radical (unpaired) electrons. The zero-order chi connectivity index (χ0) is 14.0. The first-order chi connectivity index (χ1) is 8.92. The minimum atomic E-state index is -3.58. The normalized spacial score (nSPS) is 22.9. The fourth-order valence-corrected chi connectivity index (χ4v) is 3.95. The van der Waals surface area contributed by atoms with Crippen LogP contribution in [0.15, 0.2) is 27.6 Å². The average molecular weight is 349 g/mol. The van der Waals surface area contributed by atoms with Crippen molar-refractivity contribution in [3.63, 3.8) is 0 Å². The number of benzene rings is 1. The third kappa shape index (κ3) is 3.47. The van der Waals surface area contributed by atoms with E-state index < -0.39 is 10.0 Å². The summed E-state index contributed by atoms with van der Waals surface area (Å²) in [5.74, 6) is 0.363. The van der Waals surface area contributed by atoms with E-state index in [2.05, 4.69) is 20.7 Å². The van der Waals surface area contributed by atoms with Gasteiger partial charge in [-0.15, -0.1) is 0 Å². The molecule has 1 aromatic rings. The van der Waals surface area contributed by atoms with Gasteiger partial charge in [0, 0.05) is 16.6 Å². The second-order valence-corrected chi connectivity index (χ2v) is 7.17.